The van der Waals surface area contributed by atoms with Gasteiger partial charge in [0, 0.05) is 18.5 Å². The maximum Gasteiger partial charge on any atom is 0.407 e. The third-order valence-electron chi connectivity index (χ3n) is 6.30. The summed E-state index contributed by atoms with van der Waals surface area (Å²) >= 11 is 0. The zero-order valence-corrected chi connectivity index (χ0v) is 21.5. The molecule has 0 heterocycles. The van der Waals surface area contributed by atoms with Crippen LogP contribution in [-0.4, -0.2) is 48.1 Å². The molecule has 194 valence electrons. The lowest BCUT2D eigenvalue weighted by atomic mass is 9.86. The number of rotatable bonds is 9. The standard InChI is InChI=1S/C28H36N2O6/c1-17(2)22(15-29-26(33)36-28(3,4)5)24(14-25(31)32)30-27(34)35-16-23-20-12-8-6-10-18(20)19-11-7-9-13-21(19)23/h6-13,17,22-24H,14-16H2,1-5H3,(H,29,33)(H,30,34)(H,31,32). The van der Waals surface area contributed by atoms with Gasteiger partial charge in [-0.25, -0.2) is 9.59 Å². The van der Waals surface area contributed by atoms with E-state index >= 15 is 0 Å². The SMILES string of the molecule is CC(C)C(CNC(=O)OC(C)(C)C)C(CC(=O)O)NC(=O)OCC1c2ccccc2-c2ccccc21. The Morgan fingerprint density at radius 2 is 1.50 bits per heavy atom. The maximum atomic E-state index is 12.8. The smallest absolute Gasteiger partial charge is 0.407 e. The fourth-order valence-electron chi connectivity index (χ4n) is 4.65. The van der Waals surface area contributed by atoms with Gasteiger partial charge < -0.3 is 25.2 Å². The van der Waals surface area contributed by atoms with E-state index in [1.54, 1.807) is 20.8 Å². The molecule has 0 aliphatic heterocycles. The van der Waals surface area contributed by atoms with Gasteiger partial charge in [-0.2, -0.15) is 0 Å². The molecule has 36 heavy (non-hydrogen) atoms. The summed E-state index contributed by atoms with van der Waals surface area (Å²) in [4.78, 5) is 36.6. The Bertz CT molecular complexity index is 1050. The zero-order chi connectivity index (χ0) is 26.5. The Labute approximate surface area is 212 Å². The van der Waals surface area contributed by atoms with Crippen LogP contribution in [0.4, 0.5) is 9.59 Å². The first-order valence-electron chi connectivity index (χ1n) is 12.3. The molecule has 1 aliphatic carbocycles. The number of carbonyl (C=O) groups is 3. The van der Waals surface area contributed by atoms with E-state index < -0.39 is 29.8 Å². The lowest BCUT2D eigenvalue weighted by Crippen LogP contribution is -2.48. The van der Waals surface area contributed by atoms with Crippen molar-refractivity contribution in [2.24, 2.45) is 11.8 Å². The van der Waals surface area contributed by atoms with E-state index in [4.69, 9.17) is 9.47 Å². The highest BCUT2D eigenvalue weighted by Gasteiger charge is 2.32. The lowest BCUT2D eigenvalue weighted by Gasteiger charge is -2.30. The van der Waals surface area contributed by atoms with E-state index in [1.807, 2.05) is 50.2 Å². The summed E-state index contributed by atoms with van der Waals surface area (Å²) in [5.74, 6) is -1.54. The number of nitrogens with one attached hydrogen (secondary N) is 2. The van der Waals surface area contributed by atoms with Gasteiger partial charge in [0.15, 0.2) is 0 Å². The summed E-state index contributed by atoms with van der Waals surface area (Å²) in [5.41, 5.74) is 3.78. The molecule has 0 fully saturated rings. The molecule has 3 rings (SSSR count). The normalized spacial score (nSPS) is 14.4. The van der Waals surface area contributed by atoms with E-state index in [9.17, 15) is 19.5 Å². The summed E-state index contributed by atoms with van der Waals surface area (Å²) in [6.07, 6.45) is -1.59. The minimum atomic E-state index is -1.05. The van der Waals surface area contributed by atoms with Crippen molar-refractivity contribution in [3.63, 3.8) is 0 Å². The topological polar surface area (TPSA) is 114 Å². The van der Waals surface area contributed by atoms with Crippen LogP contribution in [0.1, 0.15) is 58.1 Å². The van der Waals surface area contributed by atoms with Crippen LogP contribution in [-0.2, 0) is 14.3 Å². The number of benzene rings is 2. The maximum absolute atomic E-state index is 12.8. The number of carboxylic acid groups (broad SMARTS) is 1. The highest BCUT2D eigenvalue weighted by molar-refractivity contribution is 5.79. The summed E-state index contributed by atoms with van der Waals surface area (Å²) in [6.45, 7) is 9.39. The van der Waals surface area contributed by atoms with E-state index in [2.05, 4.69) is 22.8 Å². The van der Waals surface area contributed by atoms with E-state index in [-0.39, 0.29) is 37.3 Å². The van der Waals surface area contributed by atoms with Crippen molar-refractivity contribution in [3.8, 4) is 11.1 Å². The highest BCUT2D eigenvalue weighted by atomic mass is 16.6. The van der Waals surface area contributed by atoms with Gasteiger partial charge in [0.05, 0.1) is 6.42 Å². The summed E-state index contributed by atoms with van der Waals surface area (Å²) in [7, 11) is 0. The molecule has 3 N–H and O–H groups in total. The Morgan fingerprint density at radius 1 is 0.944 bits per heavy atom. The molecule has 0 saturated carbocycles. The second kappa shape index (κ2) is 11.5. The molecule has 8 heteroatoms. The number of carbonyl (C=O) groups excluding carboxylic acids is 2. The summed E-state index contributed by atoms with van der Waals surface area (Å²) in [5, 5.41) is 14.9. The second-order valence-electron chi connectivity index (χ2n) is 10.5. The number of fused-ring (bicyclic) bond motifs is 3. The average Bonchev–Trinajstić information content (AvgIpc) is 3.09. The molecule has 0 aromatic heterocycles. The fourth-order valence-corrected chi connectivity index (χ4v) is 4.65. The number of aliphatic carboxylic acids is 1. The molecule has 0 saturated heterocycles. The number of carboxylic acids is 1. The van der Waals surface area contributed by atoms with Crippen LogP contribution < -0.4 is 10.6 Å². The van der Waals surface area contributed by atoms with Gasteiger partial charge in [-0.05, 0) is 54.9 Å². The molecule has 0 bridgehead atoms. The second-order valence-corrected chi connectivity index (χ2v) is 10.5. The monoisotopic (exact) mass is 496 g/mol. The summed E-state index contributed by atoms with van der Waals surface area (Å²) < 4.78 is 10.9. The van der Waals surface area contributed by atoms with E-state index in [1.165, 1.54) is 0 Å². The first-order valence-corrected chi connectivity index (χ1v) is 12.3. The van der Waals surface area contributed by atoms with Crippen LogP contribution in [0.15, 0.2) is 48.5 Å². The van der Waals surface area contributed by atoms with Crippen LogP contribution in [0, 0.1) is 11.8 Å². The lowest BCUT2D eigenvalue weighted by molar-refractivity contribution is -0.137. The van der Waals surface area contributed by atoms with Crippen molar-refractivity contribution in [2.75, 3.05) is 13.2 Å². The third kappa shape index (κ3) is 6.99. The van der Waals surface area contributed by atoms with Gasteiger partial charge in [0.1, 0.15) is 12.2 Å². The number of amides is 2. The van der Waals surface area contributed by atoms with Gasteiger partial charge in [0.25, 0.3) is 0 Å². The van der Waals surface area contributed by atoms with Crippen molar-refractivity contribution in [1.29, 1.82) is 0 Å². The number of alkyl carbamates (subject to hydrolysis) is 2. The van der Waals surface area contributed by atoms with Crippen LogP contribution in [0.25, 0.3) is 11.1 Å². The molecule has 2 amide bonds. The first-order chi connectivity index (χ1) is 17.0. The molecule has 2 atom stereocenters. The predicted octanol–water partition coefficient (Wildman–Crippen LogP) is 5.17. The number of hydrogen-bond acceptors (Lipinski definition) is 5. The quantitative estimate of drug-likeness (QED) is 0.442. The van der Waals surface area contributed by atoms with Crippen LogP contribution in [0.2, 0.25) is 0 Å². The predicted molar refractivity (Wildman–Crippen MR) is 137 cm³/mol. The van der Waals surface area contributed by atoms with Crippen molar-refractivity contribution in [3.05, 3.63) is 59.7 Å². The largest absolute Gasteiger partial charge is 0.481 e. The Morgan fingerprint density at radius 3 is 2.00 bits per heavy atom. The average molecular weight is 497 g/mol. The highest BCUT2D eigenvalue weighted by Crippen LogP contribution is 2.44. The van der Waals surface area contributed by atoms with Gasteiger partial charge >= 0.3 is 18.2 Å². The fraction of sp³-hybridized carbons (Fsp3) is 0.464. The molecule has 2 aromatic carbocycles. The Balaban J connectivity index is 1.67. The molecule has 8 nitrogen and oxygen atoms in total. The Hall–Kier alpha value is -3.55. The number of ether oxygens (including phenoxy) is 2. The molecule has 2 aromatic rings. The van der Waals surface area contributed by atoms with E-state index in [0.717, 1.165) is 22.3 Å². The van der Waals surface area contributed by atoms with Crippen molar-refractivity contribution < 1.29 is 29.0 Å². The van der Waals surface area contributed by atoms with Gasteiger partial charge in [0.2, 0.25) is 0 Å². The van der Waals surface area contributed by atoms with Crippen molar-refractivity contribution >= 4 is 18.2 Å². The van der Waals surface area contributed by atoms with Gasteiger partial charge in [-0.1, -0.05) is 62.4 Å². The molecule has 2 unspecified atom stereocenters. The first kappa shape index (κ1) is 27.0. The molecule has 1 aliphatic rings. The minimum absolute atomic E-state index is 0.0295. The van der Waals surface area contributed by atoms with Gasteiger partial charge in [-0.3, -0.25) is 4.79 Å². The van der Waals surface area contributed by atoms with Crippen LogP contribution in [0.3, 0.4) is 0 Å². The molecule has 0 spiro atoms. The minimum Gasteiger partial charge on any atom is -0.481 e. The summed E-state index contributed by atoms with van der Waals surface area (Å²) in [6, 6.07) is 15.3. The Kier molecular flexibility index (Phi) is 8.61. The van der Waals surface area contributed by atoms with Gasteiger partial charge in [-0.15, -0.1) is 0 Å². The van der Waals surface area contributed by atoms with E-state index in [0.29, 0.717) is 0 Å². The molecular formula is C28H36N2O6. The van der Waals surface area contributed by atoms with Crippen LogP contribution in [0.5, 0.6) is 0 Å². The van der Waals surface area contributed by atoms with Crippen LogP contribution >= 0.6 is 0 Å². The zero-order valence-electron chi connectivity index (χ0n) is 21.5. The van der Waals surface area contributed by atoms with Crippen molar-refractivity contribution in [1.82, 2.24) is 10.6 Å². The molecular weight excluding hydrogens is 460 g/mol. The third-order valence-corrected chi connectivity index (χ3v) is 6.30. The molecule has 0 radical (unpaired) electrons. The number of hydrogen-bond donors (Lipinski definition) is 3. The van der Waals surface area contributed by atoms with Crippen molar-refractivity contribution in [2.45, 2.75) is 58.6 Å².